The molecule has 7 heteroatoms. The molecule has 0 fully saturated rings. The summed E-state index contributed by atoms with van der Waals surface area (Å²) in [4.78, 5) is 0.216. The zero-order chi connectivity index (χ0) is 19.3. The van der Waals surface area contributed by atoms with Gasteiger partial charge >= 0.3 is 0 Å². The van der Waals surface area contributed by atoms with Crippen LogP contribution in [0, 0.1) is 6.92 Å². The Morgan fingerprint density at radius 1 is 0.852 bits per heavy atom. The van der Waals surface area contributed by atoms with Gasteiger partial charge in [-0.2, -0.15) is 5.10 Å². The third-order valence-corrected chi connectivity index (χ3v) is 5.17. The Bertz CT molecular complexity index is 1030. The van der Waals surface area contributed by atoms with Gasteiger partial charge in [-0.3, -0.25) is 10.1 Å². The number of hydrazone groups is 1. The zero-order valence-corrected chi connectivity index (χ0v) is 15.4. The van der Waals surface area contributed by atoms with E-state index in [-0.39, 0.29) is 10.6 Å². The van der Waals surface area contributed by atoms with Crippen molar-refractivity contribution < 1.29 is 13.5 Å². The summed E-state index contributed by atoms with van der Waals surface area (Å²) in [6.45, 7) is 1.90. The first-order valence-electron chi connectivity index (χ1n) is 8.20. The van der Waals surface area contributed by atoms with Crippen molar-refractivity contribution in [1.82, 2.24) is 0 Å². The number of anilines is 2. The van der Waals surface area contributed by atoms with Gasteiger partial charge in [0.2, 0.25) is 0 Å². The highest BCUT2D eigenvalue weighted by Gasteiger charge is 2.13. The largest absolute Gasteiger partial charge is 0.508 e. The van der Waals surface area contributed by atoms with Crippen molar-refractivity contribution in [2.45, 2.75) is 11.8 Å². The summed E-state index contributed by atoms with van der Waals surface area (Å²) in [7, 11) is -3.62. The van der Waals surface area contributed by atoms with Gasteiger partial charge in [-0.15, -0.1) is 0 Å². The van der Waals surface area contributed by atoms with Crippen LogP contribution in [0.2, 0.25) is 0 Å². The Hall–Kier alpha value is -3.32. The average molecular weight is 381 g/mol. The summed E-state index contributed by atoms with van der Waals surface area (Å²) in [6.07, 6.45) is 1.62. The molecule has 0 heterocycles. The van der Waals surface area contributed by atoms with Crippen molar-refractivity contribution in [2.24, 2.45) is 5.10 Å². The third-order valence-electron chi connectivity index (χ3n) is 3.77. The van der Waals surface area contributed by atoms with Crippen molar-refractivity contribution >= 4 is 27.6 Å². The van der Waals surface area contributed by atoms with E-state index in [9.17, 15) is 13.5 Å². The van der Waals surface area contributed by atoms with Gasteiger partial charge in [0.25, 0.3) is 10.0 Å². The third kappa shape index (κ3) is 5.08. The van der Waals surface area contributed by atoms with Crippen LogP contribution in [-0.2, 0) is 10.0 Å². The van der Waals surface area contributed by atoms with Gasteiger partial charge in [0.05, 0.1) is 16.8 Å². The standard InChI is InChI=1S/C20H19N3O3S/c1-15-2-12-20(13-3-15)27(25,26)23-18-8-6-17(7-9-18)22-21-14-16-4-10-19(24)11-5-16/h2-14,22-24H,1H3/b21-14+. The first-order valence-corrected chi connectivity index (χ1v) is 9.68. The Morgan fingerprint density at radius 3 is 2.07 bits per heavy atom. The predicted octanol–water partition coefficient (Wildman–Crippen LogP) is 3.95. The number of nitrogens with one attached hydrogen (secondary N) is 2. The number of benzene rings is 3. The predicted molar refractivity (Wildman–Crippen MR) is 108 cm³/mol. The number of sulfonamides is 1. The summed E-state index contributed by atoms with van der Waals surface area (Å²) >= 11 is 0. The highest BCUT2D eigenvalue weighted by atomic mass is 32.2. The lowest BCUT2D eigenvalue weighted by Gasteiger charge is -2.09. The topological polar surface area (TPSA) is 90.8 Å². The molecule has 0 aliphatic rings. The van der Waals surface area contributed by atoms with Crippen LogP contribution in [0.25, 0.3) is 0 Å². The van der Waals surface area contributed by atoms with Crippen LogP contribution in [0.15, 0.2) is 82.8 Å². The van der Waals surface area contributed by atoms with Crippen molar-refractivity contribution in [3.8, 4) is 5.75 Å². The van der Waals surface area contributed by atoms with Crippen LogP contribution < -0.4 is 10.1 Å². The van der Waals surface area contributed by atoms with Crippen LogP contribution in [0.3, 0.4) is 0 Å². The smallest absolute Gasteiger partial charge is 0.261 e. The summed E-state index contributed by atoms with van der Waals surface area (Å²) in [5.74, 6) is 0.198. The number of phenolic OH excluding ortho intramolecular Hbond substituents is 1. The zero-order valence-electron chi connectivity index (χ0n) is 14.6. The summed E-state index contributed by atoms with van der Waals surface area (Å²) in [6, 6.07) is 20.1. The number of aromatic hydroxyl groups is 1. The van der Waals surface area contributed by atoms with Crippen LogP contribution >= 0.6 is 0 Å². The first kappa shape index (κ1) is 18.5. The Labute approximate surface area is 158 Å². The summed E-state index contributed by atoms with van der Waals surface area (Å²) in [5.41, 5.74) is 5.87. The first-order chi connectivity index (χ1) is 12.9. The monoisotopic (exact) mass is 381 g/mol. The highest BCUT2D eigenvalue weighted by molar-refractivity contribution is 7.92. The molecule has 3 aromatic rings. The molecule has 0 saturated heterocycles. The fraction of sp³-hybridized carbons (Fsp3) is 0.0500. The lowest BCUT2D eigenvalue weighted by Crippen LogP contribution is -2.12. The number of aryl methyl sites for hydroxylation is 1. The minimum absolute atomic E-state index is 0.198. The van der Waals surface area contributed by atoms with Crippen LogP contribution in [-0.4, -0.2) is 19.7 Å². The number of rotatable bonds is 6. The Kier molecular flexibility index (Phi) is 5.42. The minimum Gasteiger partial charge on any atom is -0.508 e. The number of hydrogen-bond acceptors (Lipinski definition) is 5. The van der Waals surface area contributed by atoms with Crippen molar-refractivity contribution in [3.63, 3.8) is 0 Å². The molecule has 0 atom stereocenters. The molecule has 0 aliphatic heterocycles. The maximum absolute atomic E-state index is 12.4. The molecule has 0 aliphatic carbocycles. The van der Waals surface area contributed by atoms with Crippen molar-refractivity contribution in [3.05, 3.63) is 83.9 Å². The summed E-state index contributed by atoms with van der Waals surface area (Å²) in [5, 5.41) is 13.3. The van der Waals surface area contributed by atoms with Gasteiger partial charge in [0.15, 0.2) is 0 Å². The van der Waals surface area contributed by atoms with E-state index in [0.717, 1.165) is 11.1 Å². The molecule has 6 nitrogen and oxygen atoms in total. The molecule has 3 rings (SSSR count). The normalized spacial score (nSPS) is 11.4. The van der Waals surface area contributed by atoms with E-state index in [0.29, 0.717) is 11.4 Å². The van der Waals surface area contributed by atoms with Gasteiger partial charge in [0, 0.05) is 5.69 Å². The Morgan fingerprint density at radius 2 is 1.44 bits per heavy atom. The lowest BCUT2D eigenvalue weighted by molar-refractivity contribution is 0.475. The molecule has 138 valence electrons. The number of nitrogens with zero attached hydrogens (tertiary/aromatic N) is 1. The molecule has 0 radical (unpaired) electrons. The minimum atomic E-state index is -3.62. The van der Waals surface area contributed by atoms with E-state index in [4.69, 9.17) is 0 Å². The van der Waals surface area contributed by atoms with E-state index in [2.05, 4.69) is 15.2 Å². The molecular weight excluding hydrogens is 362 g/mol. The quantitative estimate of drug-likeness (QED) is 0.445. The molecule has 0 spiro atoms. The molecule has 0 amide bonds. The maximum Gasteiger partial charge on any atom is 0.261 e. The van der Waals surface area contributed by atoms with Gasteiger partial charge in [0.1, 0.15) is 5.75 Å². The van der Waals surface area contributed by atoms with E-state index < -0.39 is 10.0 Å². The second-order valence-electron chi connectivity index (χ2n) is 5.96. The molecule has 3 aromatic carbocycles. The molecular formula is C20H19N3O3S. The van der Waals surface area contributed by atoms with Gasteiger partial charge in [-0.05, 0) is 73.2 Å². The van der Waals surface area contributed by atoms with Crippen molar-refractivity contribution in [1.29, 1.82) is 0 Å². The second kappa shape index (κ2) is 7.92. The maximum atomic E-state index is 12.4. The second-order valence-corrected chi connectivity index (χ2v) is 7.64. The van der Waals surface area contributed by atoms with Gasteiger partial charge < -0.3 is 5.11 Å². The van der Waals surface area contributed by atoms with Crippen LogP contribution in [0.5, 0.6) is 5.75 Å². The molecule has 3 N–H and O–H groups in total. The van der Waals surface area contributed by atoms with E-state index in [1.165, 1.54) is 0 Å². The molecule has 0 bridgehead atoms. The molecule has 27 heavy (non-hydrogen) atoms. The highest BCUT2D eigenvalue weighted by Crippen LogP contribution is 2.19. The SMILES string of the molecule is Cc1ccc(S(=O)(=O)Nc2ccc(N/N=C/c3ccc(O)cc3)cc2)cc1. The average Bonchev–Trinajstić information content (AvgIpc) is 2.65. The fourth-order valence-electron chi connectivity index (χ4n) is 2.29. The summed E-state index contributed by atoms with van der Waals surface area (Å²) < 4.78 is 27.3. The lowest BCUT2D eigenvalue weighted by atomic mass is 10.2. The van der Waals surface area contributed by atoms with E-state index in [1.54, 1.807) is 79.0 Å². The van der Waals surface area contributed by atoms with E-state index in [1.807, 2.05) is 6.92 Å². The molecule has 0 saturated carbocycles. The van der Waals surface area contributed by atoms with Crippen LogP contribution in [0.4, 0.5) is 11.4 Å². The van der Waals surface area contributed by atoms with Crippen molar-refractivity contribution in [2.75, 3.05) is 10.1 Å². The van der Waals surface area contributed by atoms with Gasteiger partial charge in [-0.1, -0.05) is 17.7 Å². The number of phenols is 1. The van der Waals surface area contributed by atoms with Crippen LogP contribution in [0.1, 0.15) is 11.1 Å². The molecule has 0 aromatic heterocycles. The van der Waals surface area contributed by atoms with E-state index >= 15 is 0 Å². The fourth-order valence-corrected chi connectivity index (χ4v) is 3.34. The molecule has 0 unspecified atom stereocenters. The Balaban J connectivity index is 1.63. The number of hydrogen-bond donors (Lipinski definition) is 3. The van der Waals surface area contributed by atoms with Gasteiger partial charge in [-0.25, -0.2) is 8.42 Å².